The third kappa shape index (κ3) is 7.75. The number of sulfonamides is 1. The van der Waals surface area contributed by atoms with Crippen LogP contribution in [0.3, 0.4) is 0 Å². The third-order valence-corrected chi connectivity index (χ3v) is 8.49. The summed E-state index contributed by atoms with van der Waals surface area (Å²) >= 11 is 0. The summed E-state index contributed by atoms with van der Waals surface area (Å²) in [5, 5.41) is 3.51. The quantitative estimate of drug-likeness (QED) is 0.452. The van der Waals surface area contributed by atoms with Crippen molar-refractivity contribution in [3.8, 4) is 0 Å². The Labute approximate surface area is 216 Å². The second kappa shape index (κ2) is 13.9. The van der Waals surface area contributed by atoms with Gasteiger partial charge in [0.05, 0.1) is 24.1 Å². The normalized spacial score (nSPS) is 19.7. The summed E-state index contributed by atoms with van der Waals surface area (Å²) in [5.74, 6) is -0.180. The number of nitrogens with zero attached hydrogens (tertiary/aromatic N) is 2. The van der Waals surface area contributed by atoms with E-state index >= 15 is 0 Å². The molecule has 194 valence electrons. The Balaban J connectivity index is 0.00000432. The van der Waals surface area contributed by atoms with E-state index in [0.717, 1.165) is 44.5 Å². The summed E-state index contributed by atoms with van der Waals surface area (Å²) in [5.41, 5.74) is 1.13. The van der Waals surface area contributed by atoms with Crippen molar-refractivity contribution in [1.29, 1.82) is 0 Å². The zero-order chi connectivity index (χ0) is 24.6. The van der Waals surface area contributed by atoms with Gasteiger partial charge in [0.2, 0.25) is 10.0 Å². The van der Waals surface area contributed by atoms with E-state index < -0.39 is 10.0 Å². The molecule has 0 aromatic heterocycles. The van der Waals surface area contributed by atoms with Gasteiger partial charge in [0.15, 0.2) is 0 Å². The number of methoxy groups -OCH3 is 1. The number of carbonyl (C=O) groups excluding carboxylic acids is 1. The Bertz CT molecular complexity index is 1010. The standard InChI is InChI=1S/C26H37N3O4S.ClH/c1-4-27-25-19-22(26(30)33-3)15-17-29(25)18-16-23(21-11-7-5-8-12-21)20-28(2)34(31,32)24-13-9-6-10-14-24;/h5-14,22-23,25,27H,4,15-20H2,1-3H3;1H/t22-,23?,25+;/m0./s1. The predicted octanol–water partition coefficient (Wildman–Crippen LogP) is 3.72. The molecule has 3 rings (SSSR count). The van der Waals surface area contributed by atoms with Gasteiger partial charge in [-0.2, -0.15) is 0 Å². The number of carbonyl (C=O) groups is 1. The molecule has 2 aromatic rings. The first-order valence-electron chi connectivity index (χ1n) is 12.0. The maximum absolute atomic E-state index is 13.1. The number of halogens is 1. The minimum atomic E-state index is -3.57. The fourth-order valence-corrected chi connectivity index (χ4v) is 5.94. The molecular weight excluding hydrogens is 486 g/mol. The zero-order valence-corrected chi connectivity index (χ0v) is 22.4. The van der Waals surface area contributed by atoms with E-state index in [9.17, 15) is 13.2 Å². The van der Waals surface area contributed by atoms with Gasteiger partial charge in [0.25, 0.3) is 0 Å². The average Bonchev–Trinajstić information content (AvgIpc) is 2.87. The fraction of sp³-hybridized carbons (Fsp3) is 0.500. The molecule has 0 bridgehead atoms. The number of esters is 1. The molecule has 1 unspecified atom stereocenters. The fourth-order valence-electron chi connectivity index (χ4n) is 4.70. The molecule has 0 amide bonds. The highest BCUT2D eigenvalue weighted by molar-refractivity contribution is 7.89. The smallest absolute Gasteiger partial charge is 0.308 e. The van der Waals surface area contributed by atoms with Gasteiger partial charge < -0.3 is 10.1 Å². The van der Waals surface area contributed by atoms with Crippen LogP contribution < -0.4 is 5.32 Å². The lowest BCUT2D eigenvalue weighted by molar-refractivity contribution is -0.148. The first-order chi connectivity index (χ1) is 16.4. The number of hydrogen-bond acceptors (Lipinski definition) is 6. The summed E-state index contributed by atoms with van der Waals surface area (Å²) in [7, 11) is -0.468. The molecule has 1 saturated heterocycles. The van der Waals surface area contributed by atoms with Gasteiger partial charge in [-0.05, 0) is 49.4 Å². The van der Waals surface area contributed by atoms with E-state index in [-0.39, 0.29) is 36.4 Å². The van der Waals surface area contributed by atoms with Gasteiger partial charge in [0.1, 0.15) is 0 Å². The topological polar surface area (TPSA) is 79.0 Å². The number of likely N-dealkylation sites (tertiary alicyclic amines) is 1. The van der Waals surface area contributed by atoms with Crippen LogP contribution in [0.5, 0.6) is 0 Å². The molecule has 35 heavy (non-hydrogen) atoms. The molecule has 1 heterocycles. The summed E-state index contributed by atoms with van der Waals surface area (Å²) in [6, 6.07) is 18.7. The van der Waals surface area contributed by atoms with E-state index in [4.69, 9.17) is 4.74 Å². The minimum absolute atomic E-state index is 0. The second-order valence-electron chi connectivity index (χ2n) is 8.85. The number of ether oxygens (including phenoxy) is 1. The molecule has 0 aliphatic carbocycles. The molecule has 1 aliphatic heterocycles. The molecule has 1 fully saturated rings. The Morgan fingerprint density at radius 3 is 2.37 bits per heavy atom. The summed E-state index contributed by atoms with van der Waals surface area (Å²) < 4.78 is 32.7. The Kier molecular flexibility index (Phi) is 11.7. The average molecular weight is 524 g/mol. The van der Waals surface area contributed by atoms with E-state index in [1.165, 1.54) is 11.4 Å². The number of benzene rings is 2. The van der Waals surface area contributed by atoms with Crippen molar-refractivity contribution in [2.75, 3.05) is 40.3 Å². The molecule has 3 atom stereocenters. The number of piperidine rings is 1. The van der Waals surface area contributed by atoms with Crippen LogP contribution >= 0.6 is 12.4 Å². The molecule has 2 aromatic carbocycles. The molecule has 9 heteroatoms. The first kappa shape index (κ1) is 29.3. The number of nitrogens with one attached hydrogen (secondary N) is 1. The third-order valence-electron chi connectivity index (χ3n) is 6.65. The SMILES string of the molecule is CCN[C@H]1C[C@@H](C(=O)OC)CCN1CCC(CN(C)S(=O)(=O)c1ccccc1)c1ccccc1.Cl. The molecule has 0 radical (unpaired) electrons. The van der Waals surface area contributed by atoms with Gasteiger partial charge >= 0.3 is 5.97 Å². The van der Waals surface area contributed by atoms with Crippen LogP contribution in [0.25, 0.3) is 0 Å². The van der Waals surface area contributed by atoms with E-state index in [1.54, 1.807) is 31.3 Å². The number of hydrogen-bond donors (Lipinski definition) is 1. The largest absolute Gasteiger partial charge is 0.469 e. The van der Waals surface area contributed by atoms with Crippen molar-refractivity contribution < 1.29 is 17.9 Å². The zero-order valence-electron chi connectivity index (χ0n) is 20.8. The maximum atomic E-state index is 13.1. The van der Waals surface area contributed by atoms with Crippen LogP contribution in [0.4, 0.5) is 0 Å². The molecule has 7 nitrogen and oxygen atoms in total. The van der Waals surface area contributed by atoms with Gasteiger partial charge in [-0.15, -0.1) is 12.4 Å². The Hall–Kier alpha value is -1.97. The van der Waals surface area contributed by atoms with Crippen molar-refractivity contribution in [3.63, 3.8) is 0 Å². The van der Waals surface area contributed by atoms with Gasteiger partial charge in [-0.3, -0.25) is 9.69 Å². The number of rotatable bonds is 11. The lowest BCUT2D eigenvalue weighted by atomic mass is 9.92. The summed E-state index contributed by atoms with van der Waals surface area (Å²) in [4.78, 5) is 14.8. The van der Waals surface area contributed by atoms with Crippen LogP contribution in [-0.2, 0) is 19.6 Å². The highest BCUT2D eigenvalue weighted by Gasteiger charge is 2.33. The van der Waals surface area contributed by atoms with Crippen molar-refractivity contribution in [3.05, 3.63) is 66.2 Å². The lowest BCUT2D eigenvalue weighted by Gasteiger charge is -2.39. The second-order valence-corrected chi connectivity index (χ2v) is 10.9. The van der Waals surface area contributed by atoms with Gasteiger partial charge in [0, 0.05) is 26.7 Å². The molecule has 0 spiro atoms. The van der Waals surface area contributed by atoms with Gasteiger partial charge in [-0.1, -0.05) is 55.5 Å². The molecule has 1 N–H and O–H groups in total. The van der Waals surface area contributed by atoms with E-state index in [0.29, 0.717) is 11.4 Å². The first-order valence-corrected chi connectivity index (χ1v) is 13.4. The maximum Gasteiger partial charge on any atom is 0.308 e. The highest BCUT2D eigenvalue weighted by Crippen LogP contribution is 2.27. The summed E-state index contributed by atoms with van der Waals surface area (Å²) in [6.45, 7) is 4.89. The Morgan fingerprint density at radius 2 is 1.77 bits per heavy atom. The molecule has 0 saturated carbocycles. The van der Waals surface area contributed by atoms with Crippen molar-refractivity contribution in [2.45, 2.75) is 43.2 Å². The van der Waals surface area contributed by atoms with Gasteiger partial charge in [-0.25, -0.2) is 12.7 Å². The van der Waals surface area contributed by atoms with Crippen molar-refractivity contribution in [1.82, 2.24) is 14.5 Å². The van der Waals surface area contributed by atoms with E-state index in [2.05, 4.69) is 29.3 Å². The van der Waals surface area contributed by atoms with Crippen LogP contribution in [0.15, 0.2) is 65.6 Å². The monoisotopic (exact) mass is 523 g/mol. The van der Waals surface area contributed by atoms with Crippen LogP contribution in [0, 0.1) is 5.92 Å². The lowest BCUT2D eigenvalue weighted by Crippen LogP contribution is -2.52. The Morgan fingerprint density at radius 1 is 1.14 bits per heavy atom. The van der Waals surface area contributed by atoms with E-state index in [1.807, 2.05) is 24.3 Å². The van der Waals surface area contributed by atoms with Crippen molar-refractivity contribution >= 4 is 28.4 Å². The predicted molar refractivity (Wildman–Crippen MR) is 141 cm³/mol. The molecular formula is C26H38ClN3O4S. The summed E-state index contributed by atoms with van der Waals surface area (Å²) in [6.07, 6.45) is 2.40. The van der Waals surface area contributed by atoms with Crippen LogP contribution in [0.1, 0.15) is 37.7 Å². The van der Waals surface area contributed by atoms with Crippen molar-refractivity contribution in [2.24, 2.45) is 5.92 Å². The molecule has 1 aliphatic rings. The van der Waals surface area contributed by atoms with Crippen LogP contribution in [0.2, 0.25) is 0 Å². The minimum Gasteiger partial charge on any atom is -0.469 e. The number of likely N-dealkylation sites (N-methyl/N-ethyl adjacent to an activating group) is 1. The highest BCUT2D eigenvalue weighted by atomic mass is 35.5. The van der Waals surface area contributed by atoms with Crippen LogP contribution in [-0.4, -0.2) is 70.1 Å².